The molecule has 2 atom stereocenters. The normalized spacial score (nSPS) is 21.6. The van der Waals surface area contributed by atoms with E-state index in [1.807, 2.05) is 72.8 Å². The fourth-order valence-electron chi connectivity index (χ4n) is 3.90. The summed E-state index contributed by atoms with van der Waals surface area (Å²) in [6, 6.07) is 18.3. The first kappa shape index (κ1) is 20.8. The van der Waals surface area contributed by atoms with E-state index in [1.165, 1.54) is 14.2 Å². The Kier molecular flexibility index (Phi) is 6.46. The summed E-state index contributed by atoms with van der Waals surface area (Å²) in [6.07, 6.45) is 3.33. The summed E-state index contributed by atoms with van der Waals surface area (Å²) in [6.45, 7) is 0. The first-order valence-corrected chi connectivity index (χ1v) is 9.37. The summed E-state index contributed by atoms with van der Waals surface area (Å²) < 4.78 is 10.2. The van der Waals surface area contributed by atoms with Gasteiger partial charge in [-0.2, -0.15) is 5.06 Å². The highest BCUT2D eigenvalue weighted by molar-refractivity contribution is 6.01. The highest BCUT2D eigenvalue weighted by Gasteiger charge is 2.60. The zero-order chi connectivity index (χ0) is 20.9. The van der Waals surface area contributed by atoms with Gasteiger partial charge in [-0.15, -0.1) is 0 Å². The van der Waals surface area contributed by atoms with Crippen LogP contribution >= 0.6 is 0 Å². The number of benzene rings is 2. The van der Waals surface area contributed by atoms with Gasteiger partial charge in [0.05, 0.1) is 26.4 Å². The van der Waals surface area contributed by atoms with Crippen molar-refractivity contribution in [2.75, 3.05) is 21.3 Å². The second kappa shape index (κ2) is 9.03. The molecule has 2 aromatic rings. The average molecular weight is 395 g/mol. The van der Waals surface area contributed by atoms with Gasteiger partial charge in [-0.3, -0.25) is 14.4 Å². The molecular formula is C23H25NO5. The molecule has 2 aromatic carbocycles. The van der Waals surface area contributed by atoms with Crippen LogP contribution in [0.5, 0.6) is 0 Å². The monoisotopic (exact) mass is 395 g/mol. The molecule has 3 rings (SSSR count). The summed E-state index contributed by atoms with van der Waals surface area (Å²) in [4.78, 5) is 32.1. The molecular weight excluding hydrogens is 370 g/mol. The average Bonchev–Trinajstić information content (AvgIpc) is 2.77. The van der Waals surface area contributed by atoms with E-state index < -0.39 is 29.5 Å². The summed E-state index contributed by atoms with van der Waals surface area (Å²) in [5, 5.41) is 1.55. The number of ether oxygens (including phenoxy) is 2. The van der Waals surface area contributed by atoms with E-state index in [0.717, 1.165) is 11.1 Å². The third-order valence-electron chi connectivity index (χ3n) is 5.17. The van der Waals surface area contributed by atoms with Crippen molar-refractivity contribution >= 4 is 18.0 Å². The predicted molar refractivity (Wildman–Crippen MR) is 108 cm³/mol. The number of hydrogen-bond acceptors (Lipinski definition) is 6. The van der Waals surface area contributed by atoms with Crippen molar-refractivity contribution in [2.45, 2.75) is 18.6 Å². The van der Waals surface area contributed by atoms with Gasteiger partial charge in [-0.05, 0) is 11.1 Å². The van der Waals surface area contributed by atoms with Crippen LogP contribution in [0, 0.1) is 5.41 Å². The van der Waals surface area contributed by atoms with E-state index in [4.69, 9.17) is 14.3 Å². The van der Waals surface area contributed by atoms with Gasteiger partial charge in [0.2, 0.25) is 0 Å². The van der Waals surface area contributed by atoms with Crippen molar-refractivity contribution in [3.63, 3.8) is 0 Å². The lowest BCUT2D eigenvalue weighted by Gasteiger charge is -2.46. The van der Waals surface area contributed by atoms with Crippen molar-refractivity contribution in [1.82, 2.24) is 5.06 Å². The fraction of sp³-hybridized carbons (Fsp3) is 0.304. The number of hydroxylamine groups is 2. The summed E-state index contributed by atoms with van der Waals surface area (Å²) in [7, 11) is 4.26. The molecule has 1 heterocycles. The van der Waals surface area contributed by atoms with Gasteiger partial charge in [-0.1, -0.05) is 72.8 Å². The lowest BCUT2D eigenvalue weighted by molar-refractivity contribution is -0.264. The van der Waals surface area contributed by atoms with Crippen LogP contribution in [0.25, 0.3) is 6.08 Å². The predicted octanol–water partition coefficient (Wildman–Crippen LogP) is 3.41. The fourth-order valence-corrected chi connectivity index (χ4v) is 3.90. The number of nitrogens with zero attached hydrogens (tertiary/aromatic N) is 1. The maximum absolute atomic E-state index is 13.0. The van der Waals surface area contributed by atoms with Crippen LogP contribution in [-0.4, -0.2) is 44.4 Å². The van der Waals surface area contributed by atoms with Crippen molar-refractivity contribution in [3.05, 3.63) is 77.9 Å². The second-order valence-corrected chi connectivity index (χ2v) is 6.93. The Morgan fingerprint density at radius 3 is 2.10 bits per heavy atom. The SMILES string of the molecule is COC(=O)C1(C(=O)OC)C[C@H](/C=C/c2ccccc2)ON(C)[C@@H]1c1ccccc1. The number of rotatable bonds is 5. The summed E-state index contributed by atoms with van der Waals surface area (Å²) in [5.41, 5.74) is 0.186. The minimum atomic E-state index is -1.57. The van der Waals surface area contributed by atoms with Crippen LogP contribution in [0.4, 0.5) is 0 Å². The smallest absolute Gasteiger partial charge is 0.325 e. The first-order chi connectivity index (χ1) is 14.0. The Hall–Kier alpha value is -2.96. The van der Waals surface area contributed by atoms with Gasteiger partial charge in [0.1, 0.15) is 0 Å². The standard InChI is InChI=1S/C23H25NO5/c1-24-20(18-12-8-5-9-13-18)23(21(25)27-2,22(26)28-3)16-19(29-24)15-14-17-10-6-4-7-11-17/h4-15,19-20H,16H2,1-3H3/b15-14+/t19-,20+/m0/s1. The van der Waals surface area contributed by atoms with E-state index in [-0.39, 0.29) is 6.42 Å². The van der Waals surface area contributed by atoms with Gasteiger partial charge in [-0.25, -0.2) is 0 Å². The van der Waals surface area contributed by atoms with Gasteiger partial charge in [0.15, 0.2) is 5.41 Å². The second-order valence-electron chi connectivity index (χ2n) is 6.93. The molecule has 0 aromatic heterocycles. The Balaban J connectivity index is 2.04. The van der Waals surface area contributed by atoms with E-state index in [2.05, 4.69) is 0 Å². The Labute approximate surface area is 170 Å². The van der Waals surface area contributed by atoms with Gasteiger partial charge < -0.3 is 9.47 Å². The van der Waals surface area contributed by atoms with Crippen LogP contribution in [0.3, 0.4) is 0 Å². The van der Waals surface area contributed by atoms with Crippen LogP contribution in [0.2, 0.25) is 0 Å². The van der Waals surface area contributed by atoms with Crippen LogP contribution in [-0.2, 0) is 23.9 Å². The quantitative estimate of drug-likeness (QED) is 0.571. The largest absolute Gasteiger partial charge is 0.468 e. The molecule has 0 radical (unpaired) electrons. The number of carbonyl (C=O) groups is 2. The molecule has 6 nitrogen and oxygen atoms in total. The molecule has 1 aliphatic heterocycles. The first-order valence-electron chi connectivity index (χ1n) is 9.37. The zero-order valence-corrected chi connectivity index (χ0v) is 16.8. The molecule has 29 heavy (non-hydrogen) atoms. The van der Waals surface area contributed by atoms with Crippen molar-refractivity contribution in [1.29, 1.82) is 0 Å². The minimum Gasteiger partial charge on any atom is -0.468 e. The third kappa shape index (κ3) is 4.09. The van der Waals surface area contributed by atoms with E-state index in [0.29, 0.717) is 0 Å². The number of methoxy groups -OCH3 is 2. The molecule has 0 spiro atoms. The number of carbonyl (C=O) groups excluding carboxylic acids is 2. The van der Waals surface area contributed by atoms with E-state index in [1.54, 1.807) is 12.1 Å². The minimum absolute atomic E-state index is 0.0968. The lowest BCUT2D eigenvalue weighted by Crippen LogP contribution is -2.57. The lowest BCUT2D eigenvalue weighted by atomic mass is 9.71. The Morgan fingerprint density at radius 1 is 1.00 bits per heavy atom. The highest BCUT2D eigenvalue weighted by Crippen LogP contribution is 2.48. The van der Waals surface area contributed by atoms with Crippen LogP contribution < -0.4 is 0 Å². The topological polar surface area (TPSA) is 65.1 Å². The summed E-state index contributed by atoms with van der Waals surface area (Å²) >= 11 is 0. The van der Waals surface area contributed by atoms with E-state index in [9.17, 15) is 9.59 Å². The van der Waals surface area contributed by atoms with Crippen LogP contribution in [0.1, 0.15) is 23.6 Å². The maximum Gasteiger partial charge on any atom is 0.325 e. The molecule has 0 unspecified atom stereocenters. The molecule has 0 saturated carbocycles. The molecule has 1 aliphatic rings. The summed E-state index contributed by atoms with van der Waals surface area (Å²) in [5.74, 6) is -1.29. The molecule has 1 saturated heterocycles. The molecule has 152 valence electrons. The number of esters is 2. The van der Waals surface area contributed by atoms with E-state index >= 15 is 0 Å². The number of hydrogen-bond donors (Lipinski definition) is 0. The third-order valence-corrected chi connectivity index (χ3v) is 5.17. The molecule has 0 aliphatic carbocycles. The Bertz CT molecular complexity index is 849. The maximum atomic E-state index is 13.0. The van der Waals surface area contributed by atoms with Gasteiger partial charge >= 0.3 is 11.9 Å². The molecule has 6 heteroatoms. The Morgan fingerprint density at radius 2 is 1.55 bits per heavy atom. The highest BCUT2D eigenvalue weighted by atomic mass is 16.7. The van der Waals surface area contributed by atoms with Crippen molar-refractivity contribution < 1.29 is 23.9 Å². The van der Waals surface area contributed by atoms with Crippen LogP contribution in [0.15, 0.2) is 66.7 Å². The molecule has 1 fully saturated rings. The van der Waals surface area contributed by atoms with Crippen molar-refractivity contribution in [2.24, 2.45) is 5.41 Å². The molecule has 0 bridgehead atoms. The van der Waals surface area contributed by atoms with Crippen molar-refractivity contribution in [3.8, 4) is 0 Å². The zero-order valence-electron chi connectivity index (χ0n) is 16.8. The molecule has 0 amide bonds. The molecule has 0 N–H and O–H groups in total. The van der Waals surface area contributed by atoms with Gasteiger partial charge in [0.25, 0.3) is 0 Å². The van der Waals surface area contributed by atoms with Gasteiger partial charge in [0, 0.05) is 13.5 Å².